The lowest BCUT2D eigenvalue weighted by molar-refractivity contribution is -0.128. The van der Waals surface area contributed by atoms with Gasteiger partial charge in [0.1, 0.15) is 16.7 Å². The van der Waals surface area contributed by atoms with E-state index < -0.39 is 16.1 Å². The molecule has 1 aromatic carbocycles. The second-order valence-electron chi connectivity index (χ2n) is 6.78. The third-order valence-corrected chi connectivity index (χ3v) is 6.83. The molecular weight excluding hydrogens is 396 g/mol. The molecule has 0 saturated carbocycles. The lowest BCUT2D eigenvalue weighted by atomic mass is 10.2. The van der Waals surface area contributed by atoms with Crippen molar-refractivity contribution in [1.29, 1.82) is 0 Å². The molecule has 0 bridgehead atoms. The van der Waals surface area contributed by atoms with Crippen LogP contribution in [0.5, 0.6) is 5.75 Å². The van der Waals surface area contributed by atoms with Crippen molar-refractivity contribution in [3.05, 3.63) is 18.2 Å². The molecule has 1 aliphatic rings. The van der Waals surface area contributed by atoms with Crippen LogP contribution in [0, 0.1) is 0 Å². The zero-order valence-corrected chi connectivity index (χ0v) is 18.5. The minimum atomic E-state index is -3.74. The average molecular weight is 429 g/mol. The summed E-state index contributed by atoms with van der Waals surface area (Å²) in [6.07, 6.45) is 1.28. The van der Waals surface area contributed by atoms with E-state index in [1.807, 2.05) is 0 Å². The van der Waals surface area contributed by atoms with Crippen LogP contribution in [0.3, 0.4) is 0 Å². The van der Waals surface area contributed by atoms with Gasteiger partial charge in [-0.1, -0.05) is 13.8 Å². The molecule has 0 aliphatic carbocycles. The first-order valence-corrected chi connectivity index (χ1v) is 11.6. The molecule has 0 spiro atoms. The summed E-state index contributed by atoms with van der Waals surface area (Å²) in [4.78, 5) is 12.5. The quantitative estimate of drug-likeness (QED) is 0.582. The lowest BCUT2D eigenvalue weighted by Crippen LogP contribution is -2.32. The molecule has 2 rings (SSSR count). The molecule has 2 atom stereocenters. The molecular formula is C20H32N2O6S. The van der Waals surface area contributed by atoms with Crippen molar-refractivity contribution in [3.8, 4) is 5.75 Å². The van der Waals surface area contributed by atoms with Gasteiger partial charge in [0.15, 0.2) is 0 Å². The van der Waals surface area contributed by atoms with Crippen LogP contribution in [-0.2, 0) is 24.3 Å². The molecule has 1 saturated heterocycles. The SMILES string of the molecule is CCOc1ccc(NC(=O)C(C)OCC2CCCO2)cc1S(=O)(=O)N(CC)CC. The van der Waals surface area contributed by atoms with Gasteiger partial charge in [-0.25, -0.2) is 8.42 Å². The summed E-state index contributed by atoms with van der Waals surface area (Å²) in [6.45, 7) is 9.11. The maximum absolute atomic E-state index is 13.0. The number of hydrogen-bond donors (Lipinski definition) is 1. The van der Waals surface area contributed by atoms with Gasteiger partial charge in [-0.15, -0.1) is 0 Å². The van der Waals surface area contributed by atoms with E-state index >= 15 is 0 Å². The summed E-state index contributed by atoms with van der Waals surface area (Å²) < 4.78 is 44.0. The number of carbonyl (C=O) groups excluding carboxylic acids is 1. The number of anilines is 1. The number of nitrogens with zero attached hydrogens (tertiary/aromatic N) is 1. The molecule has 8 nitrogen and oxygen atoms in total. The van der Waals surface area contributed by atoms with E-state index in [2.05, 4.69) is 5.32 Å². The number of nitrogens with one attached hydrogen (secondary N) is 1. The van der Waals surface area contributed by atoms with Crippen LogP contribution < -0.4 is 10.1 Å². The molecule has 1 aliphatic heterocycles. The summed E-state index contributed by atoms with van der Waals surface area (Å²) in [5.74, 6) is -0.0848. The Hall–Kier alpha value is -1.68. The highest BCUT2D eigenvalue weighted by molar-refractivity contribution is 7.89. The minimum Gasteiger partial charge on any atom is -0.492 e. The molecule has 2 unspecified atom stereocenters. The van der Waals surface area contributed by atoms with Crippen molar-refractivity contribution in [2.45, 2.75) is 57.6 Å². The third-order valence-electron chi connectivity index (χ3n) is 4.76. The predicted octanol–water partition coefficient (Wildman–Crippen LogP) is 2.64. The summed E-state index contributed by atoms with van der Waals surface area (Å²) in [7, 11) is -3.74. The maximum atomic E-state index is 13.0. The Bertz CT molecular complexity index is 773. The van der Waals surface area contributed by atoms with E-state index in [-0.39, 0.29) is 22.7 Å². The number of ether oxygens (including phenoxy) is 3. The Morgan fingerprint density at radius 1 is 1.31 bits per heavy atom. The molecule has 164 valence electrons. The Balaban J connectivity index is 2.15. The van der Waals surface area contributed by atoms with Crippen molar-refractivity contribution < 1.29 is 27.4 Å². The zero-order chi connectivity index (χ0) is 21.4. The third kappa shape index (κ3) is 6.15. The number of amides is 1. The van der Waals surface area contributed by atoms with E-state index in [1.54, 1.807) is 39.8 Å². The smallest absolute Gasteiger partial charge is 0.253 e. The van der Waals surface area contributed by atoms with E-state index in [4.69, 9.17) is 14.2 Å². The van der Waals surface area contributed by atoms with Crippen LogP contribution in [-0.4, -0.2) is 63.7 Å². The fraction of sp³-hybridized carbons (Fsp3) is 0.650. The fourth-order valence-corrected chi connectivity index (χ4v) is 4.73. The van der Waals surface area contributed by atoms with Crippen molar-refractivity contribution in [3.63, 3.8) is 0 Å². The predicted molar refractivity (Wildman–Crippen MR) is 111 cm³/mol. The summed E-state index contributed by atoms with van der Waals surface area (Å²) in [6, 6.07) is 4.62. The zero-order valence-electron chi connectivity index (χ0n) is 17.6. The standard InChI is InChI=1S/C20H32N2O6S/c1-5-22(6-2)29(24,25)19-13-16(10-11-18(19)26-7-3)21-20(23)15(4)28-14-17-9-8-12-27-17/h10-11,13,15,17H,5-9,12,14H2,1-4H3,(H,21,23). The van der Waals surface area contributed by atoms with Crippen LogP contribution >= 0.6 is 0 Å². The molecule has 1 heterocycles. The Labute approximate surface area is 173 Å². The Morgan fingerprint density at radius 2 is 2.03 bits per heavy atom. The summed E-state index contributed by atoms with van der Waals surface area (Å²) >= 11 is 0. The van der Waals surface area contributed by atoms with Crippen molar-refractivity contribution >= 4 is 21.6 Å². The van der Waals surface area contributed by atoms with Crippen LogP contribution in [0.2, 0.25) is 0 Å². The fourth-order valence-electron chi connectivity index (χ4n) is 3.11. The van der Waals surface area contributed by atoms with Gasteiger partial charge >= 0.3 is 0 Å². The first kappa shape index (κ1) is 23.6. The first-order valence-electron chi connectivity index (χ1n) is 10.1. The number of carbonyl (C=O) groups is 1. The van der Waals surface area contributed by atoms with E-state index in [0.29, 0.717) is 32.0 Å². The highest BCUT2D eigenvalue weighted by Gasteiger charge is 2.27. The Morgan fingerprint density at radius 3 is 2.62 bits per heavy atom. The monoisotopic (exact) mass is 428 g/mol. The molecule has 9 heteroatoms. The van der Waals surface area contributed by atoms with Gasteiger partial charge in [0.05, 0.1) is 19.3 Å². The molecule has 0 aromatic heterocycles. The van der Waals surface area contributed by atoms with Crippen molar-refractivity contribution in [2.24, 2.45) is 0 Å². The second-order valence-corrected chi connectivity index (χ2v) is 8.69. The minimum absolute atomic E-state index is 0.0292. The lowest BCUT2D eigenvalue weighted by Gasteiger charge is -2.21. The van der Waals surface area contributed by atoms with Crippen LogP contribution in [0.1, 0.15) is 40.5 Å². The Kier molecular flexibility index (Phi) is 8.88. The maximum Gasteiger partial charge on any atom is 0.253 e. The second kappa shape index (κ2) is 10.9. The van der Waals surface area contributed by atoms with Gasteiger partial charge in [0, 0.05) is 25.4 Å². The molecule has 0 radical (unpaired) electrons. The summed E-state index contributed by atoms with van der Waals surface area (Å²) in [5, 5.41) is 2.73. The topological polar surface area (TPSA) is 94.2 Å². The number of rotatable bonds is 11. The number of hydrogen-bond acceptors (Lipinski definition) is 6. The van der Waals surface area contributed by atoms with Gasteiger partial charge in [0.25, 0.3) is 5.91 Å². The van der Waals surface area contributed by atoms with Crippen LogP contribution in [0.4, 0.5) is 5.69 Å². The number of benzene rings is 1. The first-order chi connectivity index (χ1) is 13.8. The van der Waals surface area contributed by atoms with Crippen molar-refractivity contribution in [2.75, 3.05) is 38.2 Å². The highest BCUT2D eigenvalue weighted by atomic mass is 32.2. The van der Waals surface area contributed by atoms with Gasteiger partial charge in [-0.05, 0) is 44.9 Å². The highest BCUT2D eigenvalue weighted by Crippen LogP contribution is 2.30. The van der Waals surface area contributed by atoms with Crippen LogP contribution in [0.15, 0.2) is 23.1 Å². The molecule has 1 fully saturated rings. The molecule has 1 N–H and O–H groups in total. The van der Waals surface area contributed by atoms with E-state index in [1.165, 1.54) is 10.4 Å². The van der Waals surface area contributed by atoms with Gasteiger partial charge in [-0.2, -0.15) is 4.31 Å². The molecule has 29 heavy (non-hydrogen) atoms. The number of sulfonamides is 1. The van der Waals surface area contributed by atoms with E-state index in [9.17, 15) is 13.2 Å². The van der Waals surface area contributed by atoms with Crippen molar-refractivity contribution in [1.82, 2.24) is 4.31 Å². The van der Waals surface area contributed by atoms with Crippen LogP contribution in [0.25, 0.3) is 0 Å². The van der Waals surface area contributed by atoms with Gasteiger partial charge < -0.3 is 19.5 Å². The van der Waals surface area contributed by atoms with Gasteiger partial charge in [0.2, 0.25) is 10.0 Å². The largest absolute Gasteiger partial charge is 0.492 e. The summed E-state index contributed by atoms with van der Waals surface area (Å²) in [5.41, 5.74) is 0.372. The molecule has 1 aromatic rings. The van der Waals surface area contributed by atoms with Gasteiger partial charge in [-0.3, -0.25) is 4.79 Å². The average Bonchev–Trinajstić information content (AvgIpc) is 3.21. The molecule has 1 amide bonds. The normalized spacial score (nSPS) is 18.0. The van der Waals surface area contributed by atoms with E-state index in [0.717, 1.165) is 19.4 Å².